The first-order chi connectivity index (χ1) is 12.2. The highest BCUT2D eigenvalue weighted by Gasteiger charge is 2.16. The Morgan fingerprint density at radius 3 is 2.64 bits per heavy atom. The first-order valence-electron chi connectivity index (χ1n) is 7.80. The van der Waals surface area contributed by atoms with Crippen molar-refractivity contribution < 1.29 is 4.42 Å². The summed E-state index contributed by atoms with van der Waals surface area (Å²) in [6, 6.07) is 19.8. The van der Waals surface area contributed by atoms with Gasteiger partial charge in [-0.05, 0) is 24.3 Å². The van der Waals surface area contributed by atoms with Crippen molar-refractivity contribution in [1.82, 2.24) is 9.78 Å². The Morgan fingerprint density at radius 2 is 1.88 bits per heavy atom. The van der Waals surface area contributed by atoms with Gasteiger partial charge in [0.25, 0.3) is 0 Å². The topological polar surface area (TPSA) is 80.8 Å². The molecule has 0 saturated heterocycles. The fraction of sp³-hybridized carbons (Fsp3) is 0.0526. The molecular formula is C19H16N4OS. The lowest BCUT2D eigenvalue weighted by atomic mass is 10.2. The molecule has 0 atom stereocenters. The molecule has 0 amide bonds. The van der Waals surface area contributed by atoms with E-state index in [0.29, 0.717) is 5.75 Å². The zero-order valence-corrected chi connectivity index (χ0v) is 14.2. The van der Waals surface area contributed by atoms with Gasteiger partial charge in [-0.15, -0.1) is 0 Å². The van der Waals surface area contributed by atoms with Gasteiger partial charge in [0.15, 0.2) is 10.9 Å². The van der Waals surface area contributed by atoms with Crippen LogP contribution < -0.4 is 5.73 Å². The van der Waals surface area contributed by atoms with Gasteiger partial charge in [0, 0.05) is 22.9 Å². The number of nitrogens with zero attached hydrogens (tertiary/aromatic N) is 2. The maximum atomic E-state index is 7.47. The van der Waals surface area contributed by atoms with Crippen molar-refractivity contribution in [3.63, 3.8) is 0 Å². The smallest absolute Gasteiger partial charge is 0.156 e. The molecule has 3 N–H and O–H groups in total. The van der Waals surface area contributed by atoms with E-state index in [-0.39, 0.29) is 5.17 Å². The number of furan rings is 1. The summed E-state index contributed by atoms with van der Waals surface area (Å²) in [4.78, 5) is 0. The lowest BCUT2D eigenvalue weighted by Crippen LogP contribution is -2.03. The van der Waals surface area contributed by atoms with Crippen LogP contribution >= 0.6 is 11.8 Å². The number of fused-ring (bicyclic) bond motifs is 1. The number of nitrogens with one attached hydrogen (secondary N) is 1. The van der Waals surface area contributed by atoms with Crippen molar-refractivity contribution >= 4 is 27.9 Å². The molecule has 0 bridgehead atoms. The Bertz CT molecular complexity index is 1000. The van der Waals surface area contributed by atoms with Gasteiger partial charge in [-0.25, -0.2) is 4.68 Å². The molecule has 5 nitrogen and oxygen atoms in total. The maximum absolute atomic E-state index is 7.47. The van der Waals surface area contributed by atoms with Crippen molar-refractivity contribution in [2.45, 2.75) is 5.75 Å². The molecule has 124 valence electrons. The molecule has 4 rings (SSSR count). The molecule has 0 fully saturated rings. The molecule has 25 heavy (non-hydrogen) atoms. The van der Waals surface area contributed by atoms with Crippen LogP contribution in [-0.4, -0.2) is 14.9 Å². The third-order valence-corrected chi connectivity index (χ3v) is 4.62. The van der Waals surface area contributed by atoms with E-state index in [0.717, 1.165) is 33.7 Å². The molecule has 0 spiro atoms. The number of nitrogens with two attached hydrogens (primary N) is 1. The Morgan fingerprint density at radius 1 is 1.12 bits per heavy atom. The van der Waals surface area contributed by atoms with Crippen LogP contribution in [0.3, 0.4) is 0 Å². The normalized spacial score (nSPS) is 11.0. The molecule has 0 aliphatic heterocycles. The average Bonchev–Trinajstić information content (AvgIpc) is 3.24. The number of rotatable bonds is 4. The van der Waals surface area contributed by atoms with Gasteiger partial charge >= 0.3 is 0 Å². The highest BCUT2D eigenvalue weighted by Crippen LogP contribution is 2.31. The first-order valence-corrected chi connectivity index (χ1v) is 8.79. The van der Waals surface area contributed by atoms with Crippen LogP contribution in [0.5, 0.6) is 0 Å². The Kier molecular flexibility index (Phi) is 4.03. The minimum absolute atomic E-state index is 0.0861. The third kappa shape index (κ3) is 3.16. The summed E-state index contributed by atoms with van der Waals surface area (Å²) >= 11 is 1.27. The average molecular weight is 348 g/mol. The van der Waals surface area contributed by atoms with E-state index in [9.17, 15) is 0 Å². The standard InChI is InChI=1S/C19H16N4OS/c20-19(21)25-12-14-11-23(15-7-2-1-3-8-15)22-18(14)17-10-13-6-4-5-9-16(13)24-17/h1-11H,12H2,(H3,20,21). The monoisotopic (exact) mass is 348 g/mol. The fourth-order valence-electron chi connectivity index (χ4n) is 2.69. The van der Waals surface area contributed by atoms with Crippen LogP contribution in [0.25, 0.3) is 28.1 Å². The van der Waals surface area contributed by atoms with Crippen LogP contribution in [0.15, 0.2) is 71.3 Å². The number of amidine groups is 1. The van der Waals surface area contributed by atoms with Crippen LogP contribution in [0.2, 0.25) is 0 Å². The molecular weight excluding hydrogens is 332 g/mol. The summed E-state index contributed by atoms with van der Waals surface area (Å²) in [7, 11) is 0. The van der Waals surface area contributed by atoms with Crippen molar-refractivity contribution in [3.8, 4) is 17.1 Å². The summed E-state index contributed by atoms with van der Waals surface area (Å²) < 4.78 is 7.81. The highest BCUT2D eigenvalue weighted by atomic mass is 32.2. The van der Waals surface area contributed by atoms with E-state index < -0.39 is 0 Å². The van der Waals surface area contributed by atoms with E-state index in [4.69, 9.17) is 20.7 Å². The van der Waals surface area contributed by atoms with Gasteiger partial charge in [-0.2, -0.15) is 5.10 Å². The summed E-state index contributed by atoms with van der Waals surface area (Å²) in [5, 5.41) is 13.3. The summed E-state index contributed by atoms with van der Waals surface area (Å²) in [5.74, 6) is 1.28. The van der Waals surface area contributed by atoms with Crippen LogP contribution in [0, 0.1) is 5.41 Å². The van der Waals surface area contributed by atoms with Gasteiger partial charge in [0.2, 0.25) is 0 Å². The van der Waals surface area contributed by atoms with E-state index >= 15 is 0 Å². The fourth-order valence-corrected chi connectivity index (χ4v) is 3.21. The van der Waals surface area contributed by atoms with Crippen LogP contribution in [0.1, 0.15) is 5.56 Å². The zero-order valence-electron chi connectivity index (χ0n) is 13.3. The Labute approximate surface area is 149 Å². The molecule has 2 aromatic carbocycles. The van der Waals surface area contributed by atoms with Crippen molar-refractivity contribution in [2.24, 2.45) is 5.73 Å². The minimum Gasteiger partial charge on any atom is -0.454 e. The minimum atomic E-state index is 0.0861. The summed E-state index contributed by atoms with van der Waals surface area (Å²) in [5.41, 5.74) is 9.05. The van der Waals surface area contributed by atoms with E-state index in [1.54, 1.807) is 0 Å². The summed E-state index contributed by atoms with van der Waals surface area (Å²) in [6.45, 7) is 0. The second-order valence-corrected chi connectivity index (χ2v) is 6.60. The van der Waals surface area contributed by atoms with Gasteiger partial charge < -0.3 is 10.2 Å². The van der Waals surface area contributed by atoms with Gasteiger partial charge in [0.1, 0.15) is 11.3 Å². The highest BCUT2D eigenvalue weighted by molar-refractivity contribution is 8.13. The zero-order chi connectivity index (χ0) is 17.2. The van der Waals surface area contributed by atoms with Crippen molar-refractivity contribution in [1.29, 1.82) is 5.41 Å². The third-order valence-electron chi connectivity index (χ3n) is 3.85. The molecule has 0 aliphatic carbocycles. The van der Waals surface area contributed by atoms with E-state index in [1.807, 2.05) is 71.5 Å². The maximum Gasteiger partial charge on any atom is 0.156 e. The van der Waals surface area contributed by atoms with E-state index in [1.165, 1.54) is 11.8 Å². The number of hydrogen-bond donors (Lipinski definition) is 2. The van der Waals surface area contributed by atoms with Crippen LogP contribution in [0.4, 0.5) is 0 Å². The van der Waals surface area contributed by atoms with Crippen molar-refractivity contribution in [3.05, 3.63) is 72.4 Å². The molecule has 0 saturated carbocycles. The van der Waals surface area contributed by atoms with Gasteiger partial charge in [-0.3, -0.25) is 5.41 Å². The van der Waals surface area contributed by atoms with E-state index in [2.05, 4.69) is 0 Å². The second-order valence-electron chi connectivity index (χ2n) is 5.58. The Hall–Kier alpha value is -2.99. The molecule has 4 aromatic rings. The largest absolute Gasteiger partial charge is 0.454 e. The molecule has 0 aliphatic rings. The lowest BCUT2D eigenvalue weighted by molar-refractivity contribution is 0.626. The lowest BCUT2D eigenvalue weighted by Gasteiger charge is -1.99. The van der Waals surface area contributed by atoms with Crippen LogP contribution in [-0.2, 0) is 5.75 Å². The summed E-state index contributed by atoms with van der Waals surface area (Å²) in [6.07, 6.45) is 1.97. The molecule has 2 aromatic heterocycles. The molecule has 0 radical (unpaired) electrons. The number of hydrogen-bond acceptors (Lipinski definition) is 4. The van der Waals surface area contributed by atoms with Gasteiger partial charge in [-0.1, -0.05) is 48.2 Å². The quantitative estimate of drug-likeness (QED) is 0.423. The molecule has 2 heterocycles. The number of aromatic nitrogens is 2. The SMILES string of the molecule is N=C(N)SCc1cn(-c2ccccc2)nc1-c1cc2ccccc2o1. The van der Waals surface area contributed by atoms with Gasteiger partial charge in [0.05, 0.1) is 5.69 Å². The number of benzene rings is 2. The Balaban J connectivity index is 1.81. The van der Waals surface area contributed by atoms with Crippen molar-refractivity contribution in [2.75, 3.05) is 0 Å². The second kappa shape index (κ2) is 6.49. The number of para-hydroxylation sites is 2. The predicted octanol–water partition coefficient (Wildman–Crippen LogP) is 4.41. The molecule has 6 heteroatoms. The number of thioether (sulfide) groups is 1. The first kappa shape index (κ1) is 15.5. The molecule has 0 unspecified atom stereocenters. The predicted molar refractivity (Wildman–Crippen MR) is 102 cm³/mol.